The molecule has 57 valence electrons. The molecule has 0 unspecified atom stereocenters. The van der Waals surface area contributed by atoms with Gasteiger partial charge in [0.2, 0.25) is 0 Å². The summed E-state index contributed by atoms with van der Waals surface area (Å²) in [7, 11) is 0. The van der Waals surface area contributed by atoms with E-state index in [9.17, 15) is 0 Å². The molecule has 8 heteroatoms. The van der Waals surface area contributed by atoms with E-state index in [1.807, 2.05) is 0 Å². The first-order chi connectivity index (χ1) is 0. The fourth-order valence-electron chi connectivity index (χ4n) is 0. The molecule has 0 aromatic carbocycles. The van der Waals surface area contributed by atoms with Crippen LogP contribution in [0, 0.1) is 0 Å². The van der Waals surface area contributed by atoms with Crippen LogP contribution in [0.25, 0.3) is 0 Å². The molecule has 0 N–H and O–H groups in total. The van der Waals surface area contributed by atoms with E-state index in [1.54, 1.807) is 0 Å². The second kappa shape index (κ2) is 77.8. The Labute approximate surface area is 121 Å². The van der Waals surface area contributed by atoms with Crippen LogP contribution >= 0.6 is 0 Å². The average molecular weight is 353 g/mol. The molecule has 0 saturated heterocycles. The third kappa shape index (κ3) is 56.3. The van der Waals surface area contributed by atoms with Crippen LogP contribution < -0.4 is 0 Å². The van der Waals surface area contributed by atoms with Crippen LogP contribution in [0.1, 0.15) is 0 Å². The van der Waals surface area contributed by atoms with Crippen molar-refractivity contribution in [1.82, 2.24) is 0 Å². The van der Waals surface area contributed by atoms with Crippen LogP contribution in [0.2, 0.25) is 0 Å². The van der Waals surface area contributed by atoms with Crippen molar-refractivity contribution in [1.29, 1.82) is 0 Å². The van der Waals surface area contributed by atoms with Crippen molar-refractivity contribution in [2.75, 3.05) is 0 Å². The summed E-state index contributed by atoms with van der Waals surface area (Å²) in [4.78, 5) is 0. The van der Waals surface area contributed by atoms with Gasteiger partial charge < -0.3 is 54.0 Å². The number of hydrogen-bond acceptors (Lipinski definition) is 4. The zero-order chi connectivity index (χ0) is 0. The minimum Gasteiger partial charge on any atom is -1.00 e. The van der Waals surface area contributed by atoms with E-state index < -0.39 is 0 Å². The van der Waals surface area contributed by atoms with Gasteiger partial charge in [0.1, 0.15) is 0 Å². The van der Waals surface area contributed by atoms with Crippen molar-refractivity contribution in [3.63, 3.8) is 0 Å². The first kappa shape index (κ1) is 104. The molecular formula is HFe4S4. The SMILES string of the molecule is [Fe+2].[Fe+2].[Fe].[Fe].[S-].[S-].[S-].[SH-]. The number of rotatable bonds is 0. The molecule has 0 saturated carbocycles. The Morgan fingerprint density at radius 2 is 0.500 bits per heavy atom. The summed E-state index contributed by atoms with van der Waals surface area (Å²) in [5, 5.41) is 0. The van der Waals surface area contributed by atoms with Crippen LogP contribution in [0.4, 0.5) is 0 Å². The van der Waals surface area contributed by atoms with Crippen molar-refractivity contribution < 1.29 is 68.3 Å². The fourth-order valence-corrected chi connectivity index (χ4v) is 0. The maximum atomic E-state index is 0. The third-order valence-electron chi connectivity index (χ3n) is 0. The van der Waals surface area contributed by atoms with Crippen LogP contribution in [0.3, 0.4) is 0 Å². The smallest absolute Gasteiger partial charge is 1.00 e. The predicted octanol–water partition coefficient (Wildman–Crippen LogP) is -0.287. The quantitative estimate of drug-likeness (QED) is 0.328. The van der Waals surface area contributed by atoms with Crippen molar-refractivity contribution in [2.24, 2.45) is 0 Å². The van der Waals surface area contributed by atoms with Gasteiger partial charge in [0, 0.05) is 34.1 Å². The molecule has 0 fully saturated rings. The van der Waals surface area contributed by atoms with Crippen molar-refractivity contribution in [2.45, 2.75) is 0 Å². The van der Waals surface area contributed by atoms with Gasteiger partial charge >= 0.3 is 34.1 Å². The normalized spacial score (nSPS) is 0. The van der Waals surface area contributed by atoms with Crippen LogP contribution in [-0.4, -0.2) is 0 Å². The van der Waals surface area contributed by atoms with Crippen molar-refractivity contribution >= 4 is 54.0 Å². The van der Waals surface area contributed by atoms with Gasteiger partial charge in [-0.2, -0.15) is 0 Å². The maximum Gasteiger partial charge on any atom is 2.00 e. The molecule has 0 rings (SSSR count). The summed E-state index contributed by atoms with van der Waals surface area (Å²) in [5.41, 5.74) is 0. The molecule has 8 heavy (non-hydrogen) atoms. The number of thiol groups is 1. The Morgan fingerprint density at radius 1 is 0.500 bits per heavy atom. The van der Waals surface area contributed by atoms with E-state index in [0.717, 1.165) is 0 Å². The fraction of sp³-hybridized carbons (Fsp3) is 0. The van der Waals surface area contributed by atoms with Gasteiger partial charge in [-0.3, -0.25) is 0 Å². The minimum atomic E-state index is 0. The Kier molecular flexibility index (Phi) is 1010. The monoisotopic (exact) mass is 353 g/mol. The molecule has 0 atom stereocenters. The van der Waals surface area contributed by atoms with Gasteiger partial charge in [-0.25, -0.2) is 0 Å². The second-order valence-electron chi connectivity index (χ2n) is 0. The summed E-state index contributed by atoms with van der Waals surface area (Å²) < 4.78 is 0. The summed E-state index contributed by atoms with van der Waals surface area (Å²) in [6.45, 7) is 0. The molecule has 0 aromatic heterocycles. The van der Waals surface area contributed by atoms with Gasteiger partial charge in [0.05, 0.1) is 0 Å². The van der Waals surface area contributed by atoms with E-state index in [0.29, 0.717) is 0 Å². The van der Waals surface area contributed by atoms with E-state index in [2.05, 4.69) is 0 Å². The molecular weight excluding hydrogens is 352 g/mol. The van der Waals surface area contributed by atoms with Gasteiger partial charge in [-0.05, 0) is 0 Å². The third-order valence-corrected chi connectivity index (χ3v) is 0. The predicted molar refractivity (Wildman–Crippen MR) is 30.9 cm³/mol. The van der Waals surface area contributed by atoms with E-state index in [-0.39, 0.29) is 122 Å². The zero-order valence-electron chi connectivity index (χ0n) is 3.09. The Morgan fingerprint density at radius 3 is 0.500 bits per heavy atom. The van der Waals surface area contributed by atoms with E-state index in [4.69, 9.17) is 0 Å². The molecule has 0 spiro atoms. The van der Waals surface area contributed by atoms with E-state index >= 15 is 0 Å². The Bertz CT molecular complexity index is 8.00. The molecule has 0 nitrogen and oxygen atoms in total. The summed E-state index contributed by atoms with van der Waals surface area (Å²) in [6, 6.07) is 0. The van der Waals surface area contributed by atoms with Crippen molar-refractivity contribution in [3.8, 4) is 0 Å². The molecule has 0 aliphatic heterocycles. The van der Waals surface area contributed by atoms with Gasteiger partial charge in [-0.15, -0.1) is 0 Å². The Hall–Kier alpha value is 3.48. The number of hydrogen-bond donors (Lipinski definition) is 0. The van der Waals surface area contributed by atoms with Crippen LogP contribution in [0.5, 0.6) is 0 Å². The summed E-state index contributed by atoms with van der Waals surface area (Å²) in [6.07, 6.45) is 0. The molecule has 0 amide bonds. The van der Waals surface area contributed by atoms with Gasteiger partial charge in [0.25, 0.3) is 0 Å². The molecule has 3 radical (unpaired) electrons. The van der Waals surface area contributed by atoms with E-state index in [1.165, 1.54) is 0 Å². The Balaban J connectivity index is 0. The topological polar surface area (TPSA) is 0 Å². The second-order valence-corrected chi connectivity index (χ2v) is 0. The summed E-state index contributed by atoms with van der Waals surface area (Å²) >= 11 is 0. The van der Waals surface area contributed by atoms with Crippen LogP contribution in [0.15, 0.2) is 0 Å². The minimum absolute atomic E-state index is 0. The first-order valence-electron chi connectivity index (χ1n) is 0. The van der Waals surface area contributed by atoms with Crippen molar-refractivity contribution in [3.05, 3.63) is 0 Å². The molecule has 0 heterocycles. The summed E-state index contributed by atoms with van der Waals surface area (Å²) in [5.74, 6) is 0. The average Bonchev–Trinajstić information content (AvgIpc) is 0. The largest absolute Gasteiger partial charge is 2.00 e. The first-order valence-corrected chi connectivity index (χ1v) is 0. The molecule has 0 bridgehead atoms. The van der Waals surface area contributed by atoms with Crippen LogP contribution in [-0.2, 0) is 122 Å². The zero-order valence-corrected chi connectivity index (χ0v) is 10.8. The molecule has 0 aliphatic carbocycles. The van der Waals surface area contributed by atoms with Gasteiger partial charge in [0.15, 0.2) is 0 Å². The molecule has 0 aromatic rings. The maximum absolute atomic E-state index is 0. The van der Waals surface area contributed by atoms with Gasteiger partial charge in [-0.1, -0.05) is 0 Å². The molecule has 0 aliphatic rings. The standard InChI is InChI=1S/4Fe.H2S.3S/h;;;;1H2;;;/q;;2*+2;;3*-1/p-1.